The third kappa shape index (κ3) is 4.72. The van der Waals surface area contributed by atoms with Crippen molar-refractivity contribution in [2.24, 2.45) is 5.92 Å². The van der Waals surface area contributed by atoms with Gasteiger partial charge in [-0.05, 0) is 61.9 Å². The molecule has 2 nitrogen and oxygen atoms in total. The van der Waals surface area contributed by atoms with Crippen molar-refractivity contribution in [2.45, 2.75) is 59.0 Å². The molecule has 118 valence electrons. The van der Waals surface area contributed by atoms with Gasteiger partial charge in [-0.15, -0.1) is 0 Å². The van der Waals surface area contributed by atoms with E-state index in [4.69, 9.17) is 0 Å². The number of nitrogens with zero attached hydrogens (tertiary/aromatic N) is 1. The molecule has 21 heavy (non-hydrogen) atoms. The molecule has 1 saturated heterocycles. The largest absolute Gasteiger partial charge is 0.368 e. The number of hydrogen-bond donors (Lipinski definition) is 1. The van der Waals surface area contributed by atoms with E-state index in [-0.39, 0.29) is 0 Å². The van der Waals surface area contributed by atoms with Gasteiger partial charge >= 0.3 is 0 Å². The van der Waals surface area contributed by atoms with Crippen LogP contribution in [-0.4, -0.2) is 19.1 Å². The number of piperidine rings is 1. The highest BCUT2D eigenvalue weighted by molar-refractivity contribution is 9.10. The molecule has 0 amide bonds. The first kappa shape index (κ1) is 16.8. The maximum absolute atomic E-state index is 3.63. The SMILES string of the molecule is CCC1CCCCN1c1ccc(Br)cc1CNCC(C)C. The van der Waals surface area contributed by atoms with Crippen molar-refractivity contribution < 1.29 is 0 Å². The molecular weight excluding hydrogens is 324 g/mol. The van der Waals surface area contributed by atoms with Crippen LogP contribution in [0.3, 0.4) is 0 Å². The minimum atomic E-state index is 0.693. The summed E-state index contributed by atoms with van der Waals surface area (Å²) in [4.78, 5) is 2.64. The van der Waals surface area contributed by atoms with Crippen molar-refractivity contribution in [2.75, 3.05) is 18.0 Å². The molecule has 1 aromatic rings. The Morgan fingerprint density at radius 3 is 2.86 bits per heavy atom. The maximum atomic E-state index is 3.63. The van der Waals surface area contributed by atoms with Gasteiger partial charge in [-0.1, -0.05) is 36.7 Å². The molecule has 1 N–H and O–H groups in total. The van der Waals surface area contributed by atoms with Crippen LogP contribution >= 0.6 is 15.9 Å². The van der Waals surface area contributed by atoms with E-state index in [9.17, 15) is 0 Å². The Balaban J connectivity index is 2.16. The minimum Gasteiger partial charge on any atom is -0.368 e. The minimum absolute atomic E-state index is 0.693. The number of halogens is 1. The van der Waals surface area contributed by atoms with Gasteiger partial charge in [-0.2, -0.15) is 0 Å². The van der Waals surface area contributed by atoms with Gasteiger partial charge in [0.2, 0.25) is 0 Å². The molecule has 1 aliphatic rings. The van der Waals surface area contributed by atoms with Crippen LogP contribution in [0.25, 0.3) is 0 Å². The first-order valence-corrected chi connectivity index (χ1v) is 9.17. The molecule has 1 aliphatic heterocycles. The first-order valence-electron chi connectivity index (χ1n) is 8.37. The second-order valence-corrected chi connectivity index (χ2v) is 7.46. The lowest BCUT2D eigenvalue weighted by Gasteiger charge is -2.38. The Morgan fingerprint density at radius 2 is 2.14 bits per heavy atom. The molecule has 3 heteroatoms. The van der Waals surface area contributed by atoms with Gasteiger partial charge in [0.05, 0.1) is 0 Å². The Morgan fingerprint density at radius 1 is 1.33 bits per heavy atom. The molecule has 1 heterocycles. The molecule has 0 spiro atoms. The molecule has 0 aliphatic carbocycles. The fourth-order valence-corrected chi connectivity index (χ4v) is 3.62. The van der Waals surface area contributed by atoms with Gasteiger partial charge in [-0.25, -0.2) is 0 Å². The van der Waals surface area contributed by atoms with Crippen LogP contribution in [0.15, 0.2) is 22.7 Å². The van der Waals surface area contributed by atoms with Crippen LogP contribution in [0.1, 0.15) is 52.0 Å². The lowest BCUT2D eigenvalue weighted by Crippen LogP contribution is -2.40. The van der Waals surface area contributed by atoms with Crippen molar-refractivity contribution in [1.29, 1.82) is 0 Å². The smallest absolute Gasteiger partial charge is 0.0415 e. The van der Waals surface area contributed by atoms with Gasteiger partial charge in [0.25, 0.3) is 0 Å². The van der Waals surface area contributed by atoms with E-state index in [1.807, 2.05) is 0 Å². The zero-order valence-corrected chi connectivity index (χ0v) is 15.2. The topological polar surface area (TPSA) is 15.3 Å². The summed E-state index contributed by atoms with van der Waals surface area (Å²) in [6.45, 7) is 10.1. The van der Waals surface area contributed by atoms with E-state index in [1.54, 1.807) is 0 Å². The predicted molar refractivity (Wildman–Crippen MR) is 96.0 cm³/mol. The van der Waals surface area contributed by atoms with E-state index >= 15 is 0 Å². The standard InChI is InChI=1S/C18H29BrN2/c1-4-17-7-5-6-10-21(17)18-9-8-16(19)11-15(18)13-20-12-14(2)3/h8-9,11,14,17,20H,4-7,10,12-13H2,1-3H3. The number of anilines is 1. The third-order valence-corrected chi connectivity index (χ3v) is 4.81. The zero-order valence-electron chi connectivity index (χ0n) is 13.7. The fourth-order valence-electron chi connectivity index (χ4n) is 3.21. The molecule has 2 rings (SSSR count). The Labute approximate surface area is 138 Å². The van der Waals surface area contributed by atoms with E-state index < -0.39 is 0 Å². The average molecular weight is 353 g/mol. The summed E-state index contributed by atoms with van der Waals surface area (Å²) in [5, 5.41) is 3.59. The summed E-state index contributed by atoms with van der Waals surface area (Å²) in [5.74, 6) is 0.693. The van der Waals surface area contributed by atoms with Gasteiger partial charge in [-0.3, -0.25) is 0 Å². The Hall–Kier alpha value is -0.540. The Bertz CT molecular complexity index is 445. The molecule has 0 saturated carbocycles. The van der Waals surface area contributed by atoms with E-state index in [1.165, 1.54) is 48.0 Å². The lowest BCUT2D eigenvalue weighted by molar-refractivity contribution is 0.448. The van der Waals surface area contributed by atoms with Crippen LogP contribution in [-0.2, 0) is 6.54 Å². The van der Waals surface area contributed by atoms with Gasteiger partial charge in [0.15, 0.2) is 0 Å². The second-order valence-electron chi connectivity index (χ2n) is 6.55. The quantitative estimate of drug-likeness (QED) is 0.777. The molecule has 0 aromatic heterocycles. The number of rotatable bonds is 6. The highest BCUT2D eigenvalue weighted by Gasteiger charge is 2.22. The Kier molecular flexibility index (Phi) is 6.56. The highest BCUT2D eigenvalue weighted by Crippen LogP contribution is 2.31. The molecule has 1 unspecified atom stereocenters. The molecule has 0 bridgehead atoms. The van der Waals surface area contributed by atoms with Gasteiger partial charge in [0, 0.05) is 29.3 Å². The van der Waals surface area contributed by atoms with Crippen molar-refractivity contribution in [3.8, 4) is 0 Å². The fraction of sp³-hybridized carbons (Fsp3) is 0.667. The van der Waals surface area contributed by atoms with Crippen LogP contribution in [0.5, 0.6) is 0 Å². The maximum Gasteiger partial charge on any atom is 0.0415 e. The van der Waals surface area contributed by atoms with Crippen LogP contribution in [0.2, 0.25) is 0 Å². The van der Waals surface area contributed by atoms with Gasteiger partial charge < -0.3 is 10.2 Å². The van der Waals surface area contributed by atoms with Crippen LogP contribution in [0.4, 0.5) is 5.69 Å². The van der Waals surface area contributed by atoms with Crippen molar-refractivity contribution >= 4 is 21.6 Å². The lowest BCUT2D eigenvalue weighted by atomic mass is 9.98. The number of nitrogens with one attached hydrogen (secondary N) is 1. The summed E-state index contributed by atoms with van der Waals surface area (Å²) < 4.78 is 1.18. The second kappa shape index (κ2) is 8.19. The summed E-state index contributed by atoms with van der Waals surface area (Å²) >= 11 is 3.63. The van der Waals surface area contributed by atoms with Crippen molar-refractivity contribution in [3.63, 3.8) is 0 Å². The summed E-state index contributed by atoms with van der Waals surface area (Å²) in [5.41, 5.74) is 2.85. The summed E-state index contributed by atoms with van der Waals surface area (Å²) in [6, 6.07) is 7.47. The molecular formula is C18H29BrN2. The molecule has 1 atom stereocenters. The van der Waals surface area contributed by atoms with Crippen molar-refractivity contribution in [3.05, 3.63) is 28.2 Å². The summed E-state index contributed by atoms with van der Waals surface area (Å²) in [6.07, 6.45) is 5.29. The zero-order chi connectivity index (χ0) is 15.2. The average Bonchev–Trinajstić information content (AvgIpc) is 2.47. The third-order valence-electron chi connectivity index (χ3n) is 4.32. The van der Waals surface area contributed by atoms with E-state index in [0.29, 0.717) is 12.0 Å². The number of benzene rings is 1. The van der Waals surface area contributed by atoms with Gasteiger partial charge in [0.1, 0.15) is 0 Å². The molecule has 1 fully saturated rings. The predicted octanol–water partition coefficient (Wildman–Crippen LogP) is 4.96. The van der Waals surface area contributed by atoms with E-state index in [2.05, 4.69) is 65.1 Å². The normalized spacial score (nSPS) is 19.3. The molecule has 0 radical (unpaired) electrons. The van der Waals surface area contributed by atoms with E-state index in [0.717, 1.165) is 13.1 Å². The molecule has 1 aromatic carbocycles. The first-order chi connectivity index (χ1) is 10.1. The summed E-state index contributed by atoms with van der Waals surface area (Å²) in [7, 11) is 0. The van der Waals surface area contributed by atoms with Crippen LogP contribution < -0.4 is 10.2 Å². The van der Waals surface area contributed by atoms with Crippen molar-refractivity contribution in [1.82, 2.24) is 5.32 Å². The highest BCUT2D eigenvalue weighted by atomic mass is 79.9. The van der Waals surface area contributed by atoms with Crippen LogP contribution in [0, 0.1) is 5.92 Å². The number of hydrogen-bond acceptors (Lipinski definition) is 2. The monoisotopic (exact) mass is 352 g/mol.